The molecule has 0 unspecified atom stereocenters. The summed E-state index contributed by atoms with van der Waals surface area (Å²) in [6, 6.07) is 2.20. The summed E-state index contributed by atoms with van der Waals surface area (Å²) in [5, 5.41) is 4.97. The number of benzene rings is 1. The maximum Gasteiger partial charge on any atom is 0.422 e. The molecule has 5 nitrogen and oxygen atoms in total. The molecule has 0 saturated carbocycles. The van der Waals surface area contributed by atoms with Crippen LogP contribution in [0.2, 0.25) is 0 Å². The van der Waals surface area contributed by atoms with Crippen LogP contribution in [0.15, 0.2) is 30.4 Å². The van der Waals surface area contributed by atoms with E-state index in [2.05, 4.69) is 20.1 Å². The highest BCUT2D eigenvalue weighted by Gasteiger charge is 2.30. The van der Waals surface area contributed by atoms with E-state index in [1.807, 2.05) is 12.2 Å². The van der Waals surface area contributed by atoms with Crippen molar-refractivity contribution >= 4 is 11.7 Å². The van der Waals surface area contributed by atoms with Gasteiger partial charge in [0.05, 0.1) is 0 Å². The Kier molecular flexibility index (Phi) is 6.45. The van der Waals surface area contributed by atoms with E-state index < -0.39 is 43.1 Å². The van der Waals surface area contributed by atoms with Crippen molar-refractivity contribution in [1.29, 1.82) is 0 Å². The highest BCUT2D eigenvalue weighted by molar-refractivity contribution is 5.90. The second kappa shape index (κ2) is 8.40. The molecule has 2 N–H and O–H groups in total. The minimum absolute atomic E-state index is 0.0738. The zero-order valence-electron chi connectivity index (χ0n) is 13.8. The lowest BCUT2D eigenvalue weighted by atomic mass is 10.2. The molecule has 1 aliphatic rings. The van der Waals surface area contributed by atoms with Gasteiger partial charge in [0.1, 0.15) is 11.5 Å². The minimum Gasteiger partial charge on any atom is -0.484 e. The van der Waals surface area contributed by atoms with Crippen molar-refractivity contribution in [3.05, 3.63) is 30.4 Å². The van der Waals surface area contributed by atoms with Gasteiger partial charge in [-0.3, -0.25) is 0 Å². The number of alkyl halides is 6. The van der Waals surface area contributed by atoms with Crippen LogP contribution in [-0.2, 0) is 0 Å². The highest BCUT2D eigenvalue weighted by Crippen LogP contribution is 2.29. The Morgan fingerprint density at radius 2 is 1.41 bits per heavy atom. The van der Waals surface area contributed by atoms with E-state index in [0.29, 0.717) is 12.8 Å². The van der Waals surface area contributed by atoms with E-state index in [0.717, 1.165) is 18.2 Å². The Bertz CT molecular complexity index is 643. The van der Waals surface area contributed by atoms with Gasteiger partial charge in [-0.05, 0) is 12.8 Å². The first-order chi connectivity index (χ1) is 12.5. The van der Waals surface area contributed by atoms with Gasteiger partial charge in [0.25, 0.3) is 0 Å². The molecule has 0 aromatic heterocycles. The van der Waals surface area contributed by atoms with Crippen LogP contribution in [0.25, 0.3) is 0 Å². The van der Waals surface area contributed by atoms with Crippen LogP contribution in [0, 0.1) is 0 Å². The van der Waals surface area contributed by atoms with Crippen LogP contribution in [0.3, 0.4) is 0 Å². The molecule has 0 fully saturated rings. The lowest BCUT2D eigenvalue weighted by molar-refractivity contribution is -0.153. The summed E-state index contributed by atoms with van der Waals surface area (Å²) in [5.41, 5.74) is -0.0738. The Balaban J connectivity index is 2.08. The van der Waals surface area contributed by atoms with Crippen LogP contribution in [-0.4, -0.2) is 37.6 Å². The third kappa shape index (κ3) is 8.09. The Hall–Kier alpha value is -2.59. The van der Waals surface area contributed by atoms with Crippen LogP contribution in [0.5, 0.6) is 11.5 Å². The summed E-state index contributed by atoms with van der Waals surface area (Å²) in [6.45, 7) is -3.29. The van der Waals surface area contributed by atoms with Crippen molar-refractivity contribution in [2.24, 2.45) is 0 Å². The lowest BCUT2D eigenvalue weighted by Gasteiger charge is -2.16. The molecule has 1 aromatic carbocycles. The smallest absolute Gasteiger partial charge is 0.422 e. The summed E-state index contributed by atoms with van der Waals surface area (Å²) >= 11 is 0. The van der Waals surface area contributed by atoms with Gasteiger partial charge in [0.15, 0.2) is 13.2 Å². The summed E-state index contributed by atoms with van der Waals surface area (Å²) in [4.78, 5) is 11.9. The second-order valence-corrected chi connectivity index (χ2v) is 5.74. The van der Waals surface area contributed by atoms with Gasteiger partial charge in [0, 0.05) is 29.9 Å². The molecule has 0 saturated heterocycles. The molecule has 0 atom stereocenters. The van der Waals surface area contributed by atoms with E-state index in [1.165, 1.54) is 0 Å². The Labute approximate surface area is 150 Å². The van der Waals surface area contributed by atoms with Crippen molar-refractivity contribution < 1.29 is 40.6 Å². The Morgan fingerprint density at radius 3 is 1.85 bits per heavy atom. The van der Waals surface area contributed by atoms with E-state index in [4.69, 9.17) is 0 Å². The fourth-order valence-corrected chi connectivity index (χ4v) is 2.23. The van der Waals surface area contributed by atoms with Gasteiger partial charge in [-0.25, -0.2) is 4.79 Å². The fraction of sp³-hybridized carbons (Fsp3) is 0.438. The molecular formula is C16H16F6N2O3. The van der Waals surface area contributed by atoms with Gasteiger partial charge in [0.2, 0.25) is 0 Å². The summed E-state index contributed by atoms with van der Waals surface area (Å²) < 4.78 is 82.8. The van der Waals surface area contributed by atoms with E-state index in [9.17, 15) is 31.1 Å². The topological polar surface area (TPSA) is 59.6 Å². The molecule has 150 valence electrons. The van der Waals surface area contributed by atoms with Gasteiger partial charge in [-0.2, -0.15) is 26.3 Å². The molecule has 1 aromatic rings. The Morgan fingerprint density at radius 1 is 0.926 bits per heavy atom. The lowest BCUT2D eigenvalue weighted by Crippen LogP contribution is -2.36. The standard InChI is InChI=1S/C16H16F6N2O3/c17-15(18,19)8-26-12-5-11(6-13(7-12)27-9-16(20,21)22)24-14(25)23-10-3-1-2-4-10/h1-2,5-7,10H,3-4,8-9H2,(H2,23,24,25). The van der Waals surface area contributed by atoms with E-state index >= 15 is 0 Å². The van der Waals surface area contributed by atoms with Gasteiger partial charge in [-0.15, -0.1) is 0 Å². The van der Waals surface area contributed by atoms with Crippen LogP contribution in [0.4, 0.5) is 36.8 Å². The zero-order chi connectivity index (χ0) is 20.1. The number of carbonyl (C=O) groups is 1. The van der Waals surface area contributed by atoms with E-state index in [-0.39, 0.29) is 11.7 Å². The number of hydrogen-bond acceptors (Lipinski definition) is 3. The van der Waals surface area contributed by atoms with E-state index in [1.54, 1.807) is 0 Å². The predicted octanol–water partition coefficient (Wildman–Crippen LogP) is 4.41. The average molecular weight is 398 g/mol. The molecule has 0 bridgehead atoms. The largest absolute Gasteiger partial charge is 0.484 e. The predicted molar refractivity (Wildman–Crippen MR) is 83.9 cm³/mol. The first-order valence-corrected chi connectivity index (χ1v) is 7.77. The molecule has 27 heavy (non-hydrogen) atoms. The molecule has 0 aliphatic heterocycles. The number of nitrogens with one attached hydrogen (secondary N) is 2. The molecule has 1 aliphatic carbocycles. The quantitative estimate of drug-likeness (QED) is 0.551. The van der Waals surface area contributed by atoms with Crippen molar-refractivity contribution in [3.63, 3.8) is 0 Å². The van der Waals surface area contributed by atoms with Crippen molar-refractivity contribution in [3.8, 4) is 11.5 Å². The molecular weight excluding hydrogens is 382 g/mol. The molecule has 0 radical (unpaired) electrons. The van der Waals surface area contributed by atoms with Gasteiger partial charge in [-0.1, -0.05) is 12.2 Å². The second-order valence-electron chi connectivity index (χ2n) is 5.74. The normalized spacial score (nSPS) is 14.9. The first kappa shape index (κ1) is 20.7. The van der Waals surface area contributed by atoms with Crippen molar-refractivity contribution in [2.75, 3.05) is 18.5 Å². The number of rotatable bonds is 6. The maximum absolute atomic E-state index is 12.3. The zero-order valence-corrected chi connectivity index (χ0v) is 13.8. The van der Waals surface area contributed by atoms with Crippen LogP contribution >= 0.6 is 0 Å². The fourth-order valence-electron chi connectivity index (χ4n) is 2.23. The van der Waals surface area contributed by atoms with Gasteiger partial charge >= 0.3 is 18.4 Å². The minimum atomic E-state index is -4.64. The SMILES string of the molecule is O=C(Nc1cc(OCC(F)(F)F)cc(OCC(F)(F)F)c1)NC1CC=CC1. The molecule has 11 heteroatoms. The number of ether oxygens (including phenoxy) is 2. The number of halogens is 6. The molecule has 0 spiro atoms. The number of anilines is 1. The third-order valence-electron chi connectivity index (χ3n) is 3.29. The summed E-state index contributed by atoms with van der Waals surface area (Å²) in [7, 11) is 0. The molecule has 2 rings (SSSR count). The molecule has 2 amide bonds. The monoisotopic (exact) mass is 398 g/mol. The van der Waals surface area contributed by atoms with Crippen molar-refractivity contribution in [2.45, 2.75) is 31.2 Å². The maximum atomic E-state index is 12.3. The van der Waals surface area contributed by atoms with Crippen LogP contribution in [0.1, 0.15) is 12.8 Å². The first-order valence-electron chi connectivity index (χ1n) is 7.77. The van der Waals surface area contributed by atoms with Crippen LogP contribution < -0.4 is 20.1 Å². The number of amides is 2. The summed E-state index contributed by atoms with van der Waals surface area (Å²) in [5.74, 6) is -0.797. The summed E-state index contributed by atoms with van der Waals surface area (Å²) in [6.07, 6.45) is -4.27. The van der Waals surface area contributed by atoms with Crippen molar-refractivity contribution in [1.82, 2.24) is 5.32 Å². The number of urea groups is 1. The number of carbonyl (C=O) groups excluding carboxylic acids is 1. The molecule has 0 heterocycles. The van der Waals surface area contributed by atoms with Gasteiger partial charge < -0.3 is 20.1 Å². The average Bonchev–Trinajstić information content (AvgIpc) is 3.02. The highest BCUT2D eigenvalue weighted by atomic mass is 19.4. The third-order valence-corrected chi connectivity index (χ3v) is 3.29. The number of hydrogen-bond donors (Lipinski definition) is 2.